The first-order chi connectivity index (χ1) is 17.5. The van der Waals surface area contributed by atoms with Gasteiger partial charge in [0, 0.05) is 53.4 Å². The van der Waals surface area contributed by atoms with Crippen molar-refractivity contribution in [2.75, 3.05) is 29.5 Å². The molecule has 36 heavy (non-hydrogen) atoms. The third kappa shape index (κ3) is 5.21. The zero-order valence-electron chi connectivity index (χ0n) is 19.5. The molecule has 3 aromatic rings. The SMILES string of the molecule is C=C(N1CCSCC1)N(Cc1ccc(C2=NN=C(C(F)F)C2)cc1F)c1cccc(-c2ccco2)c1. The third-order valence-corrected chi connectivity index (χ3v) is 7.21. The molecular weight excluding hydrogens is 485 g/mol. The Balaban J connectivity index is 1.43. The molecule has 0 bridgehead atoms. The normalized spacial score (nSPS) is 15.7. The van der Waals surface area contributed by atoms with Gasteiger partial charge in [0.15, 0.2) is 0 Å². The van der Waals surface area contributed by atoms with E-state index in [2.05, 4.69) is 21.7 Å². The fourth-order valence-electron chi connectivity index (χ4n) is 4.27. The van der Waals surface area contributed by atoms with E-state index >= 15 is 4.39 Å². The van der Waals surface area contributed by atoms with Crippen molar-refractivity contribution < 1.29 is 17.6 Å². The Morgan fingerprint density at radius 1 is 1.06 bits per heavy atom. The lowest BCUT2D eigenvalue weighted by Gasteiger charge is -2.37. The summed E-state index contributed by atoms with van der Waals surface area (Å²) in [4.78, 5) is 4.23. The standard InChI is InChI=1S/C27H25F3N4OS/c1-18(33-9-12-36-13-10-33)34(22-5-2-4-20(14-22)26-6-3-11-35-26)17-21-8-7-19(15-23(21)28)24-16-25(27(29)30)32-31-24/h2-8,11,14-15,27H,1,9-10,12-13,16-17H2. The van der Waals surface area contributed by atoms with Crippen LogP contribution >= 0.6 is 11.8 Å². The molecular formula is C27H25F3N4OS. The minimum Gasteiger partial charge on any atom is -0.464 e. The minimum absolute atomic E-state index is 0.0775. The average Bonchev–Trinajstić information content (AvgIpc) is 3.61. The maximum atomic E-state index is 15.3. The van der Waals surface area contributed by atoms with E-state index in [0.717, 1.165) is 47.4 Å². The van der Waals surface area contributed by atoms with Gasteiger partial charge < -0.3 is 14.2 Å². The Morgan fingerprint density at radius 3 is 2.58 bits per heavy atom. The number of benzene rings is 2. The molecule has 0 N–H and O–H groups in total. The molecule has 5 rings (SSSR count). The summed E-state index contributed by atoms with van der Waals surface area (Å²) in [5, 5.41) is 7.36. The van der Waals surface area contributed by atoms with Gasteiger partial charge in [-0.15, -0.1) is 0 Å². The molecule has 0 amide bonds. The number of rotatable bonds is 8. The highest BCUT2D eigenvalue weighted by molar-refractivity contribution is 7.99. The number of hydrogen-bond acceptors (Lipinski definition) is 6. The molecule has 1 fully saturated rings. The molecule has 186 valence electrons. The number of thioether (sulfide) groups is 1. The molecule has 3 heterocycles. The van der Waals surface area contributed by atoms with Crippen molar-refractivity contribution in [1.82, 2.24) is 4.90 Å². The van der Waals surface area contributed by atoms with Gasteiger partial charge in [0.25, 0.3) is 6.43 Å². The van der Waals surface area contributed by atoms with Gasteiger partial charge >= 0.3 is 0 Å². The van der Waals surface area contributed by atoms with Crippen LogP contribution in [0.3, 0.4) is 0 Å². The van der Waals surface area contributed by atoms with Crippen molar-refractivity contribution in [3.63, 3.8) is 0 Å². The smallest absolute Gasteiger partial charge is 0.278 e. The predicted octanol–water partition coefficient (Wildman–Crippen LogP) is 6.43. The van der Waals surface area contributed by atoms with Gasteiger partial charge in [0.05, 0.1) is 18.5 Å². The Kier molecular flexibility index (Phi) is 7.18. The molecule has 9 heteroatoms. The number of alkyl halides is 2. The van der Waals surface area contributed by atoms with Crippen molar-refractivity contribution in [2.45, 2.75) is 19.4 Å². The Morgan fingerprint density at radius 2 is 1.89 bits per heavy atom. The van der Waals surface area contributed by atoms with Crippen molar-refractivity contribution in [2.24, 2.45) is 10.2 Å². The molecule has 0 radical (unpaired) electrons. The van der Waals surface area contributed by atoms with E-state index in [1.165, 1.54) is 6.07 Å². The predicted molar refractivity (Wildman–Crippen MR) is 139 cm³/mol. The largest absolute Gasteiger partial charge is 0.464 e. The van der Waals surface area contributed by atoms with Gasteiger partial charge in [-0.25, -0.2) is 13.2 Å². The van der Waals surface area contributed by atoms with Crippen LogP contribution in [0, 0.1) is 5.82 Å². The van der Waals surface area contributed by atoms with Crippen LogP contribution in [0.5, 0.6) is 0 Å². The van der Waals surface area contributed by atoms with E-state index in [-0.39, 0.29) is 18.7 Å². The Labute approximate surface area is 212 Å². The zero-order chi connectivity index (χ0) is 25.1. The van der Waals surface area contributed by atoms with E-state index in [9.17, 15) is 8.78 Å². The maximum absolute atomic E-state index is 15.3. The molecule has 2 aliphatic rings. The van der Waals surface area contributed by atoms with Crippen LogP contribution in [-0.4, -0.2) is 47.3 Å². The summed E-state index contributed by atoms with van der Waals surface area (Å²) < 4.78 is 46.7. The van der Waals surface area contributed by atoms with Crippen molar-refractivity contribution in [1.29, 1.82) is 0 Å². The highest BCUT2D eigenvalue weighted by Crippen LogP contribution is 2.30. The van der Waals surface area contributed by atoms with E-state index < -0.39 is 12.2 Å². The third-order valence-electron chi connectivity index (χ3n) is 6.27. The van der Waals surface area contributed by atoms with E-state index in [1.54, 1.807) is 18.4 Å². The van der Waals surface area contributed by atoms with Crippen LogP contribution in [0.1, 0.15) is 17.5 Å². The molecule has 0 atom stereocenters. The summed E-state index contributed by atoms with van der Waals surface area (Å²) in [6.07, 6.45) is -1.11. The first kappa shape index (κ1) is 24.2. The second kappa shape index (κ2) is 10.7. The Bertz CT molecular complexity index is 1300. The fourth-order valence-corrected chi connectivity index (χ4v) is 5.17. The number of halogens is 3. The van der Waals surface area contributed by atoms with Gasteiger partial charge in [-0.3, -0.25) is 0 Å². The summed E-state index contributed by atoms with van der Waals surface area (Å²) in [5.74, 6) is 3.12. The zero-order valence-corrected chi connectivity index (χ0v) is 20.4. The second-order valence-corrected chi connectivity index (χ2v) is 9.78. The topological polar surface area (TPSA) is 44.3 Å². The maximum Gasteiger partial charge on any atom is 0.278 e. The minimum atomic E-state index is -2.67. The van der Waals surface area contributed by atoms with Gasteiger partial charge in [-0.05, 0) is 30.3 Å². The first-order valence-corrected chi connectivity index (χ1v) is 12.8. The van der Waals surface area contributed by atoms with Crippen LogP contribution in [0.2, 0.25) is 0 Å². The lowest BCUT2D eigenvalue weighted by molar-refractivity contribution is 0.224. The molecule has 0 unspecified atom stereocenters. The lowest BCUT2D eigenvalue weighted by Crippen LogP contribution is -2.39. The number of hydrogen-bond donors (Lipinski definition) is 0. The van der Waals surface area contributed by atoms with Crippen LogP contribution in [0.25, 0.3) is 11.3 Å². The number of nitrogens with zero attached hydrogens (tertiary/aromatic N) is 4. The molecule has 0 spiro atoms. The molecule has 5 nitrogen and oxygen atoms in total. The Hall–Kier alpha value is -3.46. The van der Waals surface area contributed by atoms with E-state index in [0.29, 0.717) is 16.8 Å². The van der Waals surface area contributed by atoms with Gasteiger partial charge in [0.1, 0.15) is 23.1 Å². The summed E-state index contributed by atoms with van der Waals surface area (Å²) in [5.41, 5.74) is 2.74. The summed E-state index contributed by atoms with van der Waals surface area (Å²) in [7, 11) is 0. The first-order valence-electron chi connectivity index (χ1n) is 11.6. The molecule has 1 saturated heterocycles. The molecule has 1 aromatic heterocycles. The van der Waals surface area contributed by atoms with E-state index in [4.69, 9.17) is 4.42 Å². The molecule has 0 aliphatic carbocycles. The highest BCUT2D eigenvalue weighted by atomic mass is 32.2. The highest BCUT2D eigenvalue weighted by Gasteiger charge is 2.24. The molecule has 2 aliphatic heterocycles. The summed E-state index contributed by atoms with van der Waals surface area (Å²) in [6.45, 7) is 6.35. The lowest BCUT2D eigenvalue weighted by atomic mass is 10.0. The van der Waals surface area contributed by atoms with Crippen molar-refractivity contribution in [3.8, 4) is 11.3 Å². The summed E-state index contributed by atoms with van der Waals surface area (Å²) in [6, 6.07) is 16.3. The quantitative estimate of drug-likeness (QED) is 0.351. The number of furan rings is 1. The van der Waals surface area contributed by atoms with Gasteiger partial charge in [-0.1, -0.05) is 30.8 Å². The monoisotopic (exact) mass is 510 g/mol. The fraction of sp³-hybridized carbons (Fsp3) is 0.259. The van der Waals surface area contributed by atoms with Crippen LogP contribution in [0.15, 0.2) is 87.9 Å². The van der Waals surface area contributed by atoms with Crippen LogP contribution in [-0.2, 0) is 6.54 Å². The van der Waals surface area contributed by atoms with E-state index in [1.807, 2.05) is 53.1 Å². The van der Waals surface area contributed by atoms with Crippen LogP contribution in [0.4, 0.5) is 18.9 Å². The van der Waals surface area contributed by atoms with Crippen molar-refractivity contribution >= 4 is 28.9 Å². The number of anilines is 1. The molecule has 2 aromatic carbocycles. The van der Waals surface area contributed by atoms with Gasteiger partial charge in [0.2, 0.25) is 0 Å². The summed E-state index contributed by atoms with van der Waals surface area (Å²) >= 11 is 1.90. The van der Waals surface area contributed by atoms with Crippen molar-refractivity contribution in [3.05, 3.63) is 90.2 Å². The van der Waals surface area contributed by atoms with Crippen LogP contribution < -0.4 is 4.90 Å². The average molecular weight is 511 g/mol. The second-order valence-electron chi connectivity index (χ2n) is 8.55. The van der Waals surface area contributed by atoms with Gasteiger partial charge in [-0.2, -0.15) is 22.0 Å². The molecule has 0 saturated carbocycles.